The summed E-state index contributed by atoms with van der Waals surface area (Å²) in [6.45, 7) is 9.47. The monoisotopic (exact) mass is 325 g/mol. The van der Waals surface area contributed by atoms with Crippen molar-refractivity contribution in [3.63, 3.8) is 0 Å². The van der Waals surface area contributed by atoms with Gasteiger partial charge in [0.2, 0.25) is 0 Å². The van der Waals surface area contributed by atoms with Gasteiger partial charge in [-0.1, -0.05) is 30.3 Å². The smallest absolute Gasteiger partial charge is 0.147 e. The SMILES string of the molecule is Cc1cncc(N2CCN(CCN(C)Cc3ccccc3)CC2)n1. The predicted molar refractivity (Wildman–Crippen MR) is 98.2 cm³/mol. The highest BCUT2D eigenvalue weighted by Gasteiger charge is 2.18. The normalized spacial score (nSPS) is 15.9. The maximum absolute atomic E-state index is 4.58. The summed E-state index contributed by atoms with van der Waals surface area (Å²) in [5.74, 6) is 1.01. The number of benzene rings is 1. The summed E-state index contributed by atoms with van der Waals surface area (Å²) < 4.78 is 0. The van der Waals surface area contributed by atoms with E-state index in [9.17, 15) is 0 Å². The van der Waals surface area contributed by atoms with Crippen molar-refractivity contribution in [1.82, 2.24) is 19.8 Å². The molecule has 5 heteroatoms. The number of nitrogens with zero attached hydrogens (tertiary/aromatic N) is 5. The summed E-state index contributed by atoms with van der Waals surface area (Å²) in [6.07, 6.45) is 3.68. The third kappa shape index (κ3) is 4.76. The molecule has 0 saturated carbocycles. The van der Waals surface area contributed by atoms with Gasteiger partial charge in [0.25, 0.3) is 0 Å². The highest BCUT2D eigenvalue weighted by Crippen LogP contribution is 2.12. The van der Waals surface area contributed by atoms with E-state index in [-0.39, 0.29) is 0 Å². The van der Waals surface area contributed by atoms with Gasteiger partial charge in [0.15, 0.2) is 0 Å². The largest absolute Gasteiger partial charge is 0.353 e. The van der Waals surface area contributed by atoms with Gasteiger partial charge < -0.3 is 9.80 Å². The summed E-state index contributed by atoms with van der Waals surface area (Å²) in [4.78, 5) is 16.1. The zero-order valence-electron chi connectivity index (χ0n) is 14.7. The van der Waals surface area contributed by atoms with Crippen molar-refractivity contribution in [2.24, 2.45) is 0 Å². The summed E-state index contributed by atoms with van der Waals surface area (Å²) in [7, 11) is 2.20. The minimum absolute atomic E-state index is 0.984. The molecule has 1 aromatic heterocycles. The van der Waals surface area contributed by atoms with Crippen LogP contribution in [0.4, 0.5) is 5.82 Å². The predicted octanol–water partition coefficient (Wildman–Crippen LogP) is 2.04. The Bertz CT molecular complexity index is 623. The molecular formula is C19H27N5. The first-order chi connectivity index (χ1) is 11.7. The first-order valence-electron chi connectivity index (χ1n) is 8.69. The standard InChI is InChI=1S/C19H27N5/c1-17-14-20-15-19(21-17)24-12-10-23(11-13-24)9-8-22(2)16-18-6-4-3-5-7-18/h3-7,14-15H,8-13,16H2,1-2H3. The molecule has 5 nitrogen and oxygen atoms in total. The average Bonchev–Trinajstić information content (AvgIpc) is 2.61. The number of likely N-dealkylation sites (N-methyl/N-ethyl adjacent to an activating group) is 1. The van der Waals surface area contributed by atoms with Crippen LogP contribution < -0.4 is 4.90 Å². The molecule has 0 atom stereocenters. The second-order valence-corrected chi connectivity index (χ2v) is 6.57. The summed E-state index contributed by atoms with van der Waals surface area (Å²) in [5, 5.41) is 0. The molecule has 0 amide bonds. The molecule has 3 rings (SSSR count). The molecule has 2 heterocycles. The fraction of sp³-hybridized carbons (Fsp3) is 0.474. The van der Waals surface area contributed by atoms with Gasteiger partial charge in [0, 0.05) is 52.0 Å². The number of anilines is 1. The molecule has 0 radical (unpaired) electrons. The first-order valence-corrected chi connectivity index (χ1v) is 8.69. The molecule has 1 fully saturated rings. The van der Waals surface area contributed by atoms with Gasteiger partial charge in [-0.3, -0.25) is 9.88 Å². The van der Waals surface area contributed by atoms with Gasteiger partial charge in [-0.05, 0) is 19.5 Å². The van der Waals surface area contributed by atoms with Crippen LogP contribution in [0.15, 0.2) is 42.7 Å². The second kappa shape index (κ2) is 8.22. The van der Waals surface area contributed by atoms with Crippen LogP contribution in [-0.4, -0.2) is 66.1 Å². The first kappa shape index (κ1) is 16.9. The Morgan fingerprint density at radius 1 is 1.04 bits per heavy atom. The molecule has 24 heavy (non-hydrogen) atoms. The van der Waals surface area contributed by atoms with E-state index in [1.807, 2.05) is 19.3 Å². The van der Waals surface area contributed by atoms with Gasteiger partial charge >= 0.3 is 0 Å². The second-order valence-electron chi connectivity index (χ2n) is 6.57. The summed E-state index contributed by atoms with van der Waals surface area (Å²) in [6, 6.07) is 10.7. The zero-order valence-corrected chi connectivity index (χ0v) is 14.7. The number of piperazine rings is 1. The molecule has 2 aromatic rings. The van der Waals surface area contributed by atoms with E-state index in [0.29, 0.717) is 0 Å². The molecule has 1 aromatic carbocycles. The van der Waals surface area contributed by atoms with Crippen LogP contribution in [0.25, 0.3) is 0 Å². The summed E-state index contributed by atoms with van der Waals surface area (Å²) in [5.41, 5.74) is 2.36. The van der Waals surface area contributed by atoms with Crippen molar-refractivity contribution in [2.75, 3.05) is 51.2 Å². The maximum Gasteiger partial charge on any atom is 0.147 e. The van der Waals surface area contributed by atoms with Crippen LogP contribution in [-0.2, 0) is 6.54 Å². The van der Waals surface area contributed by atoms with E-state index in [1.165, 1.54) is 5.56 Å². The van der Waals surface area contributed by atoms with Crippen LogP contribution in [0.3, 0.4) is 0 Å². The summed E-state index contributed by atoms with van der Waals surface area (Å²) >= 11 is 0. The van der Waals surface area contributed by atoms with Crippen LogP contribution in [0, 0.1) is 6.92 Å². The highest BCUT2D eigenvalue weighted by molar-refractivity contribution is 5.36. The van der Waals surface area contributed by atoms with E-state index < -0.39 is 0 Å². The fourth-order valence-electron chi connectivity index (χ4n) is 3.09. The van der Waals surface area contributed by atoms with Crippen LogP contribution in [0.1, 0.15) is 11.3 Å². The van der Waals surface area contributed by atoms with E-state index >= 15 is 0 Å². The van der Waals surface area contributed by atoms with Crippen molar-refractivity contribution < 1.29 is 0 Å². The third-order valence-corrected chi connectivity index (χ3v) is 4.53. The topological polar surface area (TPSA) is 35.5 Å². The van der Waals surface area contributed by atoms with Crippen molar-refractivity contribution in [2.45, 2.75) is 13.5 Å². The molecule has 1 aliphatic heterocycles. The molecule has 0 bridgehead atoms. The van der Waals surface area contributed by atoms with Gasteiger partial charge in [-0.2, -0.15) is 0 Å². The number of hydrogen-bond donors (Lipinski definition) is 0. The number of rotatable bonds is 6. The Kier molecular flexibility index (Phi) is 5.77. The molecular weight excluding hydrogens is 298 g/mol. The Balaban J connectivity index is 1.41. The van der Waals surface area contributed by atoms with Crippen molar-refractivity contribution in [3.05, 3.63) is 54.0 Å². The van der Waals surface area contributed by atoms with Crippen molar-refractivity contribution in [3.8, 4) is 0 Å². The van der Waals surface area contributed by atoms with E-state index in [2.05, 4.69) is 62.0 Å². The molecule has 0 N–H and O–H groups in total. The van der Waals surface area contributed by atoms with Crippen molar-refractivity contribution in [1.29, 1.82) is 0 Å². The Morgan fingerprint density at radius 2 is 1.79 bits per heavy atom. The lowest BCUT2D eigenvalue weighted by molar-refractivity contribution is 0.212. The lowest BCUT2D eigenvalue weighted by atomic mass is 10.2. The van der Waals surface area contributed by atoms with Gasteiger partial charge in [-0.15, -0.1) is 0 Å². The quantitative estimate of drug-likeness (QED) is 0.812. The number of aryl methyl sites for hydroxylation is 1. The molecule has 1 saturated heterocycles. The van der Waals surface area contributed by atoms with Gasteiger partial charge in [0.05, 0.1) is 11.9 Å². The Labute approximate surface area is 144 Å². The third-order valence-electron chi connectivity index (χ3n) is 4.53. The fourth-order valence-corrected chi connectivity index (χ4v) is 3.09. The van der Waals surface area contributed by atoms with E-state index in [4.69, 9.17) is 0 Å². The van der Waals surface area contributed by atoms with E-state index in [1.54, 1.807) is 0 Å². The maximum atomic E-state index is 4.58. The van der Waals surface area contributed by atoms with Gasteiger partial charge in [-0.25, -0.2) is 4.98 Å². The molecule has 0 aliphatic carbocycles. The average molecular weight is 325 g/mol. The van der Waals surface area contributed by atoms with Crippen LogP contribution in [0.2, 0.25) is 0 Å². The molecule has 1 aliphatic rings. The van der Waals surface area contributed by atoms with Gasteiger partial charge in [0.1, 0.15) is 5.82 Å². The minimum Gasteiger partial charge on any atom is -0.353 e. The van der Waals surface area contributed by atoms with Crippen LogP contribution in [0.5, 0.6) is 0 Å². The van der Waals surface area contributed by atoms with Crippen LogP contribution >= 0.6 is 0 Å². The highest BCUT2D eigenvalue weighted by atomic mass is 15.3. The minimum atomic E-state index is 0.984. The number of hydrogen-bond acceptors (Lipinski definition) is 5. The Hall–Kier alpha value is -1.98. The lowest BCUT2D eigenvalue weighted by Crippen LogP contribution is -2.48. The van der Waals surface area contributed by atoms with E-state index in [0.717, 1.165) is 57.3 Å². The Morgan fingerprint density at radius 3 is 2.50 bits per heavy atom. The zero-order chi connectivity index (χ0) is 16.8. The molecule has 0 spiro atoms. The van der Waals surface area contributed by atoms with Crippen molar-refractivity contribution >= 4 is 5.82 Å². The number of aromatic nitrogens is 2. The molecule has 128 valence electrons. The molecule has 0 unspecified atom stereocenters. The lowest BCUT2D eigenvalue weighted by Gasteiger charge is -2.36.